The summed E-state index contributed by atoms with van der Waals surface area (Å²) in [7, 11) is 0. The van der Waals surface area contributed by atoms with Gasteiger partial charge in [-0.15, -0.1) is 24.0 Å². The summed E-state index contributed by atoms with van der Waals surface area (Å²) >= 11 is 0. The Labute approximate surface area is 169 Å². The van der Waals surface area contributed by atoms with E-state index in [1.807, 2.05) is 13.0 Å². The molecule has 0 unspecified atom stereocenters. The normalized spacial score (nSPS) is 11.7. The first-order chi connectivity index (χ1) is 11.6. The van der Waals surface area contributed by atoms with Gasteiger partial charge in [-0.2, -0.15) is 0 Å². The summed E-state index contributed by atoms with van der Waals surface area (Å²) < 4.78 is 11.0. The molecule has 1 aromatic heterocycles. The maximum absolute atomic E-state index is 5.57. The minimum Gasteiger partial charge on any atom is -0.379 e. The van der Waals surface area contributed by atoms with E-state index in [1.165, 1.54) is 0 Å². The van der Waals surface area contributed by atoms with E-state index in [1.54, 1.807) is 0 Å². The minimum atomic E-state index is 0. The summed E-state index contributed by atoms with van der Waals surface area (Å²) in [6, 6.07) is 2.02. The summed E-state index contributed by atoms with van der Waals surface area (Å²) in [5.74, 6) is 2.59. The summed E-state index contributed by atoms with van der Waals surface area (Å²) in [5.41, 5.74) is 1.03. The number of nitrogens with zero attached hydrogens (tertiary/aromatic N) is 2. The molecule has 0 aliphatic rings. The molecule has 0 aliphatic carbocycles. The van der Waals surface area contributed by atoms with E-state index in [0.717, 1.165) is 50.0 Å². The lowest BCUT2D eigenvalue weighted by Crippen LogP contribution is -2.39. The third kappa shape index (κ3) is 10.0. The van der Waals surface area contributed by atoms with Crippen LogP contribution < -0.4 is 10.6 Å². The number of aliphatic imine (C=N–C) groups is 1. The average molecular weight is 466 g/mol. The first kappa shape index (κ1) is 24.2. The van der Waals surface area contributed by atoms with E-state index in [4.69, 9.17) is 9.26 Å². The predicted octanol–water partition coefficient (Wildman–Crippen LogP) is 3.92. The van der Waals surface area contributed by atoms with Gasteiger partial charge in [0.2, 0.25) is 0 Å². The van der Waals surface area contributed by atoms with Crippen LogP contribution in [0.4, 0.5) is 0 Å². The minimum absolute atomic E-state index is 0. The maximum Gasteiger partial charge on any atom is 0.191 e. The van der Waals surface area contributed by atoms with Gasteiger partial charge >= 0.3 is 0 Å². The number of guanidine groups is 1. The van der Waals surface area contributed by atoms with Crippen molar-refractivity contribution in [1.82, 2.24) is 15.8 Å². The number of rotatable bonds is 11. The van der Waals surface area contributed by atoms with Gasteiger partial charge in [-0.3, -0.25) is 0 Å². The highest BCUT2D eigenvalue weighted by atomic mass is 127. The lowest BCUT2D eigenvalue weighted by molar-refractivity contribution is 0.114. The number of aromatic nitrogens is 1. The van der Waals surface area contributed by atoms with E-state index < -0.39 is 0 Å². The van der Waals surface area contributed by atoms with E-state index >= 15 is 0 Å². The SMILES string of the molecule is CCNC(=NCc1cc(C(CC)CC)no1)NCCOCC(C)C.I. The molecular weight excluding hydrogens is 431 g/mol. The summed E-state index contributed by atoms with van der Waals surface area (Å²) in [5, 5.41) is 10.7. The Kier molecular flexibility index (Phi) is 13.9. The Morgan fingerprint density at radius 2 is 1.96 bits per heavy atom. The highest BCUT2D eigenvalue weighted by Gasteiger charge is 2.12. The van der Waals surface area contributed by atoms with Crippen molar-refractivity contribution in [2.45, 2.75) is 59.9 Å². The van der Waals surface area contributed by atoms with Crippen molar-refractivity contribution >= 4 is 29.9 Å². The number of halogens is 1. The van der Waals surface area contributed by atoms with Gasteiger partial charge in [-0.25, -0.2) is 4.99 Å². The van der Waals surface area contributed by atoms with Crippen LogP contribution in [-0.4, -0.2) is 37.4 Å². The molecular formula is C18H35IN4O2. The molecule has 0 saturated heterocycles. The molecule has 0 radical (unpaired) electrons. The molecule has 2 N–H and O–H groups in total. The van der Waals surface area contributed by atoms with Gasteiger partial charge in [0.05, 0.1) is 12.3 Å². The molecule has 1 heterocycles. The fraction of sp³-hybridized carbons (Fsp3) is 0.778. The predicted molar refractivity (Wildman–Crippen MR) is 114 cm³/mol. The topological polar surface area (TPSA) is 71.7 Å². The van der Waals surface area contributed by atoms with Crippen LogP contribution in [-0.2, 0) is 11.3 Å². The quantitative estimate of drug-likeness (QED) is 0.224. The molecule has 0 aromatic carbocycles. The van der Waals surface area contributed by atoms with Gasteiger partial charge in [0, 0.05) is 31.7 Å². The van der Waals surface area contributed by atoms with Crippen LogP contribution in [0.5, 0.6) is 0 Å². The molecule has 0 saturated carbocycles. The molecule has 0 fully saturated rings. The van der Waals surface area contributed by atoms with Crippen molar-refractivity contribution < 1.29 is 9.26 Å². The van der Waals surface area contributed by atoms with Gasteiger partial charge in [-0.05, 0) is 25.7 Å². The number of hydrogen-bond acceptors (Lipinski definition) is 4. The molecule has 146 valence electrons. The van der Waals surface area contributed by atoms with E-state index in [0.29, 0.717) is 25.0 Å². The molecule has 0 amide bonds. The van der Waals surface area contributed by atoms with Crippen molar-refractivity contribution in [1.29, 1.82) is 0 Å². The van der Waals surface area contributed by atoms with Crippen LogP contribution in [0.2, 0.25) is 0 Å². The second-order valence-electron chi connectivity index (χ2n) is 6.32. The molecule has 25 heavy (non-hydrogen) atoms. The van der Waals surface area contributed by atoms with Gasteiger partial charge in [0.15, 0.2) is 11.7 Å². The van der Waals surface area contributed by atoms with Crippen LogP contribution in [0, 0.1) is 5.92 Å². The van der Waals surface area contributed by atoms with Crippen molar-refractivity contribution in [3.8, 4) is 0 Å². The zero-order valence-electron chi connectivity index (χ0n) is 16.3. The maximum atomic E-state index is 5.57. The van der Waals surface area contributed by atoms with Gasteiger partial charge in [0.1, 0.15) is 6.54 Å². The summed E-state index contributed by atoms with van der Waals surface area (Å²) in [6.45, 7) is 14.2. The first-order valence-electron chi connectivity index (χ1n) is 9.15. The monoisotopic (exact) mass is 466 g/mol. The molecule has 1 aromatic rings. The lowest BCUT2D eigenvalue weighted by Gasteiger charge is -2.11. The van der Waals surface area contributed by atoms with Crippen LogP contribution >= 0.6 is 24.0 Å². The fourth-order valence-corrected chi connectivity index (χ4v) is 2.36. The highest BCUT2D eigenvalue weighted by Crippen LogP contribution is 2.22. The molecule has 1 rings (SSSR count). The van der Waals surface area contributed by atoms with Crippen LogP contribution in [0.25, 0.3) is 0 Å². The average Bonchev–Trinajstić information content (AvgIpc) is 3.02. The van der Waals surface area contributed by atoms with E-state index in [-0.39, 0.29) is 24.0 Å². The molecule has 0 aliphatic heterocycles. The van der Waals surface area contributed by atoms with Crippen molar-refractivity contribution in [3.05, 3.63) is 17.5 Å². The molecule has 0 atom stereocenters. The fourth-order valence-electron chi connectivity index (χ4n) is 2.36. The van der Waals surface area contributed by atoms with Crippen LogP contribution in [0.3, 0.4) is 0 Å². The highest BCUT2D eigenvalue weighted by molar-refractivity contribution is 14.0. The summed E-state index contributed by atoms with van der Waals surface area (Å²) in [4.78, 5) is 4.55. The Morgan fingerprint density at radius 3 is 2.56 bits per heavy atom. The van der Waals surface area contributed by atoms with Crippen molar-refractivity contribution in [2.24, 2.45) is 10.9 Å². The number of hydrogen-bond donors (Lipinski definition) is 2. The molecule has 0 spiro atoms. The van der Waals surface area contributed by atoms with E-state index in [9.17, 15) is 0 Å². The van der Waals surface area contributed by atoms with Gasteiger partial charge in [0.25, 0.3) is 0 Å². The Morgan fingerprint density at radius 1 is 1.24 bits per heavy atom. The lowest BCUT2D eigenvalue weighted by atomic mass is 9.99. The van der Waals surface area contributed by atoms with Gasteiger partial charge in [-0.1, -0.05) is 32.9 Å². The zero-order chi connectivity index (χ0) is 17.8. The number of nitrogens with one attached hydrogen (secondary N) is 2. The molecule has 6 nitrogen and oxygen atoms in total. The zero-order valence-corrected chi connectivity index (χ0v) is 18.6. The Hall–Kier alpha value is -0.830. The second-order valence-corrected chi connectivity index (χ2v) is 6.32. The van der Waals surface area contributed by atoms with Crippen molar-refractivity contribution in [2.75, 3.05) is 26.3 Å². The third-order valence-electron chi connectivity index (χ3n) is 3.71. The summed E-state index contributed by atoms with van der Waals surface area (Å²) in [6.07, 6.45) is 2.15. The van der Waals surface area contributed by atoms with Crippen LogP contribution in [0.15, 0.2) is 15.6 Å². The largest absolute Gasteiger partial charge is 0.379 e. The standard InChI is InChI=1S/C18H34N4O2.HI/c1-6-15(7-2)17-11-16(24-22-17)12-21-18(19-8-3)20-9-10-23-13-14(4)5;/h11,14-15H,6-10,12-13H2,1-5H3,(H2,19,20,21);1H. The third-order valence-corrected chi connectivity index (χ3v) is 3.71. The Bertz CT molecular complexity index is 473. The van der Waals surface area contributed by atoms with Gasteiger partial charge < -0.3 is 19.9 Å². The second kappa shape index (κ2) is 14.4. The van der Waals surface area contributed by atoms with E-state index in [2.05, 4.69) is 48.5 Å². The van der Waals surface area contributed by atoms with Crippen LogP contribution in [0.1, 0.15) is 64.8 Å². The molecule has 7 heteroatoms. The van der Waals surface area contributed by atoms with Crippen molar-refractivity contribution in [3.63, 3.8) is 0 Å². The Balaban J connectivity index is 0.00000576. The smallest absolute Gasteiger partial charge is 0.191 e. The first-order valence-corrected chi connectivity index (χ1v) is 9.15. The number of ether oxygens (including phenoxy) is 1. The molecule has 0 bridgehead atoms.